The molecule has 2 saturated heterocycles. The Hall–Kier alpha value is -2.24. The maximum atomic E-state index is 12.4. The smallest absolute Gasteiger partial charge is 0.227 e. The van der Waals surface area contributed by atoms with E-state index in [4.69, 9.17) is 0 Å². The highest BCUT2D eigenvalue weighted by Crippen LogP contribution is 2.32. The summed E-state index contributed by atoms with van der Waals surface area (Å²) in [6.45, 7) is 3.36. The van der Waals surface area contributed by atoms with Crippen LogP contribution in [0.5, 0.6) is 0 Å². The first-order valence-corrected chi connectivity index (χ1v) is 9.36. The lowest BCUT2D eigenvalue weighted by Gasteiger charge is -2.38. The molecule has 1 amide bonds. The van der Waals surface area contributed by atoms with E-state index in [9.17, 15) is 9.90 Å². The second kappa shape index (κ2) is 7.17. The number of carbonyl (C=O) groups excluding carboxylic acids is 1. The van der Waals surface area contributed by atoms with Crippen molar-refractivity contribution in [1.29, 1.82) is 0 Å². The van der Waals surface area contributed by atoms with Crippen molar-refractivity contribution in [3.8, 4) is 0 Å². The summed E-state index contributed by atoms with van der Waals surface area (Å²) in [6.07, 6.45) is 3.72. The van der Waals surface area contributed by atoms with E-state index in [1.165, 1.54) is 0 Å². The molecule has 2 fully saturated rings. The van der Waals surface area contributed by atoms with Gasteiger partial charge in [-0.15, -0.1) is 0 Å². The average Bonchev–Trinajstić information content (AvgIpc) is 3.05. The largest absolute Gasteiger partial charge is 0.383 e. The normalized spacial score (nSPS) is 23.3. The average molecular weight is 351 g/mol. The van der Waals surface area contributed by atoms with Gasteiger partial charge in [0.25, 0.3) is 0 Å². The van der Waals surface area contributed by atoms with Crippen LogP contribution in [0.3, 0.4) is 0 Å². The summed E-state index contributed by atoms with van der Waals surface area (Å²) in [6, 6.07) is 15.6. The summed E-state index contributed by atoms with van der Waals surface area (Å²) < 4.78 is 0. The molecule has 2 aliphatic heterocycles. The number of hydrogen-bond donors (Lipinski definition) is 1. The third kappa shape index (κ3) is 3.50. The third-order valence-corrected chi connectivity index (χ3v) is 5.61. The van der Waals surface area contributed by atoms with Gasteiger partial charge in [0, 0.05) is 44.5 Å². The number of aromatic nitrogens is 1. The maximum absolute atomic E-state index is 12.4. The lowest BCUT2D eigenvalue weighted by Crippen LogP contribution is -2.44. The van der Waals surface area contributed by atoms with Gasteiger partial charge in [-0.05, 0) is 43.0 Å². The summed E-state index contributed by atoms with van der Waals surface area (Å²) in [7, 11) is 0. The minimum atomic E-state index is -0.820. The van der Waals surface area contributed by atoms with Crippen molar-refractivity contribution in [2.75, 3.05) is 31.1 Å². The van der Waals surface area contributed by atoms with Gasteiger partial charge in [0.15, 0.2) is 0 Å². The number of nitrogens with zero attached hydrogens (tertiary/aromatic N) is 3. The SMILES string of the molecule is O=C1C[C@@H](CN2CCC(O)(c3ccccn3)CC2)CN1c1ccccc1. The van der Waals surface area contributed by atoms with Crippen molar-refractivity contribution < 1.29 is 9.90 Å². The van der Waals surface area contributed by atoms with E-state index < -0.39 is 5.60 Å². The number of piperidine rings is 1. The van der Waals surface area contributed by atoms with Crippen LogP contribution < -0.4 is 4.90 Å². The molecule has 0 radical (unpaired) electrons. The highest BCUT2D eigenvalue weighted by Gasteiger charge is 2.37. The van der Waals surface area contributed by atoms with Crippen molar-refractivity contribution in [3.63, 3.8) is 0 Å². The van der Waals surface area contributed by atoms with E-state index in [-0.39, 0.29) is 5.91 Å². The first kappa shape index (κ1) is 17.2. The number of rotatable bonds is 4. The number of hydrogen-bond acceptors (Lipinski definition) is 4. The molecular formula is C21H25N3O2. The summed E-state index contributed by atoms with van der Waals surface area (Å²) >= 11 is 0. The van der Waals surface area contributed by atoms with Gasteiger partial charge in [-0.1, -0.05) is 24.3 Å². The zero-order chi connectivity index (χ0) is 18.0. The van der Waals surface area contributed by atoms with Crippen LogP contribution in [-0.2, 0) is 10.4 Å². The molecular weight excluding hydrogens is 326 g/mol. The molecule has 2 aliphatic rings. The standard InChI is InChI=1S/C21H25N3O2/c25-20-14-17(16-24(20)18-6-2-1-3-7-18)15-23-12-9-21(26,10-13-23)19-8-4-5-11-22-19/h1-8,11,17,26H,9-10,12-16H2/t17-/m0/s1. The predicted molar refractivity (Wildman–Crippen MR) is 101 cm³/mol. The van der Waals surface area contributed by atoms with Gasteiger partial charge in [0.05, 0.1) is 5.69 Å². The molecule has 4 rings (SSSR count). The summed E-state index contributed by atoms with van der Waals surface area (Å²) in [5.41, 5.74) is 0.938. The van der Waals surface area contributed by atoms with Gasteiger partial charge in [-0.3, -0.25) is 9.78 Å². The fraction of sp³-hybridized carbons (Fsp3) is 0.429. The van der Waals surface area contributed by atoms with E-state index in [1.807, 2.05) is 53.4 Å². The highest BCUT2D eigenvalue weighted by atomic mass is 16.3. The minimum Gasteiger partial charge on any atom is -0.383 e. The molecule has 0 aliphatic carbocycles. The molecule has 0 unspecified atom stereocenters. The number of carbonyl (C=O) groups is 1. The Labute approximate surface area is 154 Å². The van der Waals surface area contributed by atoms with Crippen molar-refractivity contribution in [2.45, 2.75) is 24.9 Å². The molecule has 0 spiro atoms. The Morgan fingerprint density at radius 2 is 1.81 bits per heavy atom. The van der Waals surface area contributed by atoms with E-state index in [0.29, 0.717) is 25.2 Å². The van der Waals surface area contributed by atoms with E-state index in [2.05, 4.69) is 9.88 Å². The molecule has 26 heavy (non-hydrogen) atoms. The third-order valence-electron chi connectivity index (χ3n) is 5.61. The van der Waals surface area contributed by atoms with Crippen molar-refractivity contribution in [1.82, 2.24) is 9.88 Å². The highest BCUT2D eigenvalue weighted by molar-refractivity contribution is 5.95. The minimum absolute atomic E-state index is 0.211. The fourth-order valence-corrected chi connectivity index (χ4v) is 4.13. The number of amides is 1. The Bertz CT molecular complexity index is 742. The van der Waals surface area contributed by atoms with Crippen LogP contribution >= 0.6 is 0 Å². The van der Waals surface area contributed by atoms with E-state index >= 15 is 0 Å². The molecule has 5 nitrogen and oxygen atoms in total. The first-order valence-electron chi connectivity index (χ1n) is 9.36. The lowest BCUT2D eigenvalue weighted by molar-refractivity contribution is -0.117. The summed E-state index contributed by atoms with van der Waals surface area (Å²) in [4.78, 5) is 21.0. The van der Waals surface area contributed by atoms with Gasteiger partial charge in [-0.25, -0.2) is 0 Å². The Kier molecular flexibility index (Phi) is 4.74. The number of anilines is 1. The second-order valence-electron chi connectivity index (χ2n) is 7.46. The van der Waals surface area contributed by atoms with Gasteiger partial charge in [0.1, 0.15) is 5.60 Å². The number of pyridine rings is 1. The molecule has 0 saturated carbocycles. The molecule has 1 atom stereocenters. The Balaban J connectivity index is 1.33. The van der Waals surface area contributed by atoms with Crippen LogP contribution in [0.4, 0.5) is 5.69 Å². The van der Waals surface area contributed by atoms with Crippen LogP contribution in [0.15, 0.2) is 54.7 Å². The van der Waals surface area contributed by atoms with Crippen molar-refractivity contribution in [2.24, 2.45) is 5.92 Å². The molecule has 0 bridgehead atoms. The van der Waals surface area contributed by atoms with Crippen LogP contribution in [0.1, 0.15) is 25.0 Å². The van der Waals surface area contributed by atoms with Crippen molar-refractivity contribution in [3.05, 3.63) is 60.4 Å². The van der Waals surface area contributed by atoms with Gasteiger partial charge in [-0.2, -0.15) is 0 Å². The van der Waals surface area contributed by atoms with Gasteiger partial charge >= 0.3 is 0 Å². The van der Waals surface area contributed by atoms with Crippen molar-refractivity contribution >= 4 is 11.6 Å². The monoisotopic (exact) mass is 351 g/mol. The van der Waals surface area contributed by atoms with Crippen LogP contribution in [0.2, 0.25) is 0 Å². The Morgan fingerprint density at radius 3 is 2.50 bits per heavy atom. The van der Waals surface area contributed by atoms with Crippen LogP contribution in [0, 0.1) is 5.92 Å². The number of likely N-dealkylation sites (tertiary alicyclic amines) is 1. The molecule has 1 N–H and O–H groups in total. The zero-order valence-electron chi connectivity index (χ0n) is 14.9. The number of para-hydroxylation sites is 1. The summed E-state index contributed by atoms with van der Waals surface area (Å²) in [5.74, 6) is 0.562. The van der Waals surface area contributed by atoms with Crippen LogP contribution in [-0.4, -0.2) is 47.1 Å². The van der Waals surface area contributed by atoms with E-state index in [1.54, 1.807) is 6.20 Å². The topological polar surface area (TPSA) is 56.7 Å². The molecule has 5 heteroatoms. The number of benzene rings is 1. The second-order valence-corrected chi connectivity index (χ2v) is 7.46. The quantitative estimate of drug-likeness (QED) is 0.919. The zero-order valence-corrected chi connectivity index (χ0v) is 14.9. The molecule has 1 aromatic heterocycles. The lowest BCUT2D eigenvalue weighted by atomic mass is 9.87. The van der Waals surface area contributed by atoms with Gasteiger partial charge in [0.2, 0.25) is 5.91 Å². The number of aliphatic hydroxyl groups is 1. The van der Waals surface area contributed by atoms with Gasteiger partial charge < -0.3 is 14.9 Å². The predicted octanol–water partition coefficient (Wildman–Crippen LogP) is 2.42. The molecule has 1 aromatic carbocycles. The van der Waals surface area contributed by atoms with Crippen LogP contribution in [0.25, 0.3) is 0 Å². The first-order chi connectivity index (χ1) is 12.6. The fourth-order valence-electron chi connectivity index (χ4n) is 4.13. The summed E-state index contributed by atoms with van der Waals surface area (Å²) in [5, 5.41) is 10.9. The molecule has 2 aromatic rings. The molecule has 136 valence electrons. The molecule has 3 heterocycles. The Morgan fingerprint density at radius 1 is 1.08 bits per heavy atom. The maximum Gasteiger partial charge on any atom is 0.227 e. The van der Waals surface area contributed by atoms with E-state index in [0.717, 1.165) is 37.6 Å².